The number of aliphatic hydroxyl groups excluding tert-OH is 1. The lowest BCUT2D eigenvalue weighted by atomic mass is 10.1. The van der Waals surface area contributed by atoms with Gasteiger partial charge in [0.15, 0.2) is 0 Å². The van der Waals surface area contributed by atoms with Gasteiger partial charge in [0.2, 0.25) is 5.91 Å². The first-order chi connectivity index (χ1) is 10.2. The van der Waals surface area contributed by atoms with Crippen molar-refractivity contribution < 1.29 is 9.90 Å². The first kappa shape index (κ1) is 15.3. The van der Waals surface area contributed by atoms with Gasteiger partial charge in [0.1, 0.15) is 0 Å². The van der Waals surface area contributed by atoms with E-state index in [2.05, 4.69) is 5.32 Å². The van der Waals surface area contributed by atoms with Crippen LogP contribution in [0.25, 0.3) is 0 Å². The van der Waals surface area contributed by atoms with Gasteiger partial charge in [0.05, 0.1) is 19.1 Å². The minimum Gasteiger partial charge on any atom is -0.394 e. The predicted octanol–water partition coefficient (Wildman–Crippen LogP) is 2.26. The largest absolute Gasteiger partial charge is 0.394 e. The molecule has 2 aromatic rings. The summed E-state index contributed by atoms with van der Waals surface area (Å²) in [6, 6.07) is 17.5. The van der Waals surface area contributed by atoms with E-state index in [0.29, 0.717) is 12.8 Å². The van der Waals surface area contributed by atoms with Crippen LogP contribution in [-0.2, 0) is 17.6 Å². The molecule has 2 N–H and O–H groups in total. The summed E-state index contributed by atoms with van der Waals surface area (Å²) in [5.41, 5.74) is 3.24. The number of benzene rings is 2. The van der Waals surface area contributed by atoms with Gasteiger partial charge in [-0.05, 0) is 24.5 Å². The number of carbonyl (C=O) groups is 1. The third-order valence-corrected chi connectivity index (χ3v) is 3.36. The van der Waals surface area contributed by atoms with Gasteiger partial charge >= 0.3 is 0 Å². The molecule has 0 aliphatic rings. The summed E-state index contributed by atoms with van der Waals surface area (Å²) in [6.07, 6.45) is 0.976. The standard InChI is InChI=1S/C18H21NO2/c1-14-6-5-9-16(10-14)12-18(21)19-17(13-20)11-15-7-3-2-4-8-15/h2-10,17,20H,11-13H2,1H3,(H,19,21). The molecule has 110 valence electrons. The average molecular weight is 283 g/mol. The normalized spacial score (nSPS) is 11.9. The van der Waals surface area contributed by atoms with Crippen LogP contribution < -0.4 is 5.32 Å². The van der Waals surface area contributed by atoms with Crippen LogP contribution in [0.4, 0.5) is 0 Å². The van der Waals surface area contributed by atoms with Gasteiger partial charge in [-0.1, -0.05) is 60.2 Å². The lowest BCUT2D eigenvalue weighted by Gasteiger charge is -2.16. The topological polar surface area (TPSA) is 49.3 Å². The lowest BCUT2D eigenvalue weighted by molar-refractivity contribution is -0.121. The Morgan fingerprint density at radius 2 is 1.81 bits per heavy atom. The molecule has 0 aliphatic heterocycles. The number of nitrogens with one attached hydrogen (secondary N) is 1. The fourth-order valence-corrected chi connectivity index (χ4v) is 2.35. The minimum atomic E-state index is -0.246. The second-order valence-corrected chi connectivity index (χ2v) is 5.30. The Morgan fingerprint density at radius 1 is 1.10 bits per heavy atom. The monoisotopic (exact) mass is 283 g/mol. The smallest absolute Gasteiger partial charge is 0.224 e. The van der Waals surface area contributed by atoms with Crippen LogP contribution >= 0.6 is 0 Å². The molecule has 0 saturated heterocycles. The Hall–Kier alpha value is -2.13. The van der Waals surface area contributed by atoms with Crippen molar-refractivity contribution in [3.63, 3.8) is 0 Å². The molecule has 1 atom stereocenters. The molecule has 0 aromatic heterocycles. The zero-order chi connectivity index (χ0) is 15.1. The van der Waals surface area contributed by atoms with Crippen molar-refractivity contribution in [3.05, 3.63) is 71.3 Å². The zero-order valence-corrected chi connectivity index (χ0v) is 12.3. The number of rotatable bonds is 6. The third kappa shape index (κ3) is 5.04. The van der Waals surface area contributed by atoms with Crippen molar-refractivity contribution in [2.75, 3.05) is 6.61 Å². The Morgan fingerprint density at radius 3 is 2.48 bits per heavy atom. The molecule has 2 aromatic carbocycles. The maximum absolute atomic E-state index is 12.1. The molecular formula is C18H21NO2. The second-order valence-electron chi connectivity index (χ2n) is 5.30. The minimum absolute atomic E-state index is 0.0596. The van der Waals surface area contributed by atoms with E-state index in [1.807, 2.05) is 61.5 Å². The van der Waals surface area contributed by atoms with Crippen molar-refractivity contribution in [1.29, 1.82) is 0 Å². The summed E-state index contributed by atoms with van der Waals surface area (Å²) in [4.78, 5) is 12.1. The maximum Gasteiger partial charge on any atom is 0.224 e. The highest BCUT2D eigenvalue weighted by Crippen LogP contribution is 2.06. The van der Waals surface area contributed by atoms with Crippen molar-refractivity contribution >= 4 is 5.91 Å². The van der Waals surface area contributed by atoms with Gasteiger partial charge in [-0.3, -0.25) is 4.79 Å². The summed E-state index contributed by atoms with van der Waals surface area (Å²) < 4.78 is 0. The van der Waals surface area contributed by atoms with Crippen LogP contribution in [-0.4, -0.2) is 23.7 Å². The van der Waals surface area contributed by atoms with Crippen molar-refractivity contribution in [1.82, 2.24) is 5.32 Å². The Labute approximate surface area is 125 Å². The summed E-state index contributed by atoms with van der Waals surface area (Å²) in [6.45, 7) is 1.95. The summed E-state index contributed by atoms with van der Waals surface area (Å²) in [5.74, 6) is -0.0596. The zero-order valence-electron chi connectivity index (χ0n) is 12.3. The highest BCUT2D eigenvalue weighted by Gasteiger charge is 2.12. The Balaban J connectivity index is 1.90. The van der Waals surface area contributed by atoms with E-state index in [9.17, 15) is 9.90 Å². The van der Waals surface area contributed by atoms with Crippen LogP contribution in [0.1, 0.15) is 16.7 Å². The Bertz CT molecular complexity index is 581. The van der Waals surface area contributed by atoms with Gasteiger partial charge in [0.25, 0.3) is 0 Å². The molecule has 1 amide bonds. The van der Waals surface area contributed by atoms with E-state index in [1.54, 1.807) is 0 Å². The van der Waals surface area contributed by atoms with Gasteiger partial charge < -0.3 is 10.4 Å². The first-order valence-electron chi connectivity index (χ1n) is 7.17. The fourth-order valence-electron chi connectivity index (χ4n) is 2.35. The van der Waals surface area contributed by atoms with Gasteiger partial charge in [0, 0.05) is 0 Å². The van der Waals surface area contributed by atoms with Crippen molar-refractivity contribution in [2.45, 2.75) is 25.8 Å². The lowest BCUT2D eigenvalue weighted by Crippen LogP contribution is -2.39. The number of carbonyl (C=O) groups excluding carboxylic acids is 1. The third-order valence-electron chi connectivity index (χ3n) is 3.36. The van der Waals surface area contributed by atoms with E-state index in [-0.39, 0.29) is 18.6 Å². The van der Waals surface area contributed by atoms with E-state index >= 15 is 0 Å². The molecule has 0 saturated carbocycles. The maximum atomic E-state index is 12.1. The molecular weight excluding hydrogens is 262 g/mol. The summed E-state index contributed by atoms with van der Waals surface area (Å²) in [7, 11) is 0. The van der Waals surface area contributed by atoms with Crippen LogP contribution in [0.2, 0.25) is 0 Å². The number of aliphatic hydroxyl groups is 1. The molecule has 1 unspecified atom stereocenters. The molecule has 3 heteroatoms. The van der Waals surface area contributed by atoms with Crippen LogP contribution in [0.15, 0.2) is 54.6 Å². The first-order valence-corrected chi connectivity index (χ1v) is 7.17. The fraction of sp³-hybridized carbons (Fsp3) is 0.278. The molecule has 0 bridgehead atoms. The second kappa shape index (κ2) is 7.60. The quantitative estimate of drug-likeness (QED) is 0.854. The number of hydrogen-bond acceptors (Lipinski definition) is 2. The van der Waals surface area contributed by atoms with Crippen LogP contribution in [0, 0.1) is 6.92 Å². The molecule has 3 nitrogen and oxygen atoms in total. The highest BCUT2D eigenvalue weighted by atomic mass is 16.3. The molecule has 0 aliphatic carbocycles. The average Bonchev–Trinajstić information content (AvgIpc) is 2.47. The van der Waals surface area contributed by atoms with Gasteiger partial charge in [-0.15, -0.1) is 0 Å². The van der Waals surface area contributed by atoms with Gasteiger partial charge in [-0.25, -0.2) is 0 Å². The van der Waals surface area contributed by atoms with Crippen molar-refractivity contribution in [2.24, 2.45) is 0 Å². The predicted molar refractivity (Wildman–Crippen MR) is 84.0 cm³/mol. The molecule has 0 spiro atoms. The molecule has 0 fully saturated rings. The van der Waals surface area contributed by atoms with Crippen molar-refractivity contribution in [3.8, 4) is 0 Å². The SMILES string of the molecule is Cc1cccc(CC(=O)NC(CO)Cc2ccccc2)c1. The van der Waals surface area contributed by atoms with E-state index in [0.717, 1.165) is 16.7 Å². The number of hydrogen-bond donors (Lipinski definition) is 2. The number of aryl methyl sites for hydroxylation is 1. The highest BCUT2D eigenvalue weighted by molar-refractivity contribution is 5.78. The summed E-state index contributed by atoms with van der Waals surface area (Å²) >= 11 is 0. The molecule has 0 radical (unpaired) electrons. The number of amides is 1. The Kier molecular flexibility index (Phi) is 5.52. The van der Waals surface area contributed by atoms with Gasteiger partial charge in [-0.2, -0.15) is 0 Å². The summed E-state index contributed by atoms with van der Waals surface area (Å²) in [5, 5.41) is 12.3. The van der Waals surface area contributed by atoms with E-state index in [4.69, 9.17) is 0 Å². The van der Waals surface area contributed by atoms with E-state index in [1.165, 1.54) is 0 Å². The van der Waals surface area contributed by atoms with E-state index < -0.39 is 0 Å². The molecule has 2 rings (SSSR count). The van der Waals surface area contributed by atoms with Crippen LogP contribution in [0.3, 0.4) is 0 Å². The molecule has 0 heterocycles. The molecule has 21 heavy (non-hydrogen) atoms. The van der Waals surface area contributed by atoms with Crippen LogP contribution in [0.5, 0.6) is 0 Å².